The van der Waals surface area contributed by atoms with Gasteiger partial charge in [-0.15, -0.1) is 0 Å². The van der Waals surface area contributed by atoms with Crippen LogP contribution in [0.2, 0.25) is 0 Å². The molecule has 0 bridgehead atoms. The van der Waals surface area contributed by atoms with Crippen molar-refractivity contribution in [1.29, 1.82) is 0 Å². The number of nitrogens with zero attached hydrogens (tertiary/aromatic N) is 1. The Bertz CT molecular complexity index is 871. The molecule has 1 unspecified atom stereocenters. The quantitative estimate of drug-likeness (QED) is 0.843. The van der Waals surface area contributed by atoms with Crippen molar-refractivity contribution >= 4 is 17.7 Å². The molecule has 5 nitrogen and oxygen atoms in total. The van der Waals surface area contributed by atoms with E-state index in [0.29, 0.717) is 11.1 Å². The Labute approximate surface area is 153 Å². The molecule has 0 aromatic heterocycles. The molecule has 3 rings (SSSR count). The molecule has 1 atom stereocenters. The Morgan fingerprint density at radius 1 is 1.04 bits per heavy atom. The van der Waals surface area contributed by atoms with Crippen LogP contribution in [0.25, 0.3) is 0 Å². The predicted molar refractivity (Wildman–Crippen MR) is 98.9 cm³/mol. The van der Waals surface area contributed by atoms with E-state index in [-0.39, 0.29) is 18.5 Å². The first-order chi connectivity index (χ1) is 12.4. The molecule has 0 saturated carbocycles. The van der Waals surface area contributed by atoms with Crippen LogP contribution in [0.3, 0.4) is 0 Å². The summed E-state index contributed by atoms with van der Waals surface area (Å²) < 4.78 is 0. The number of nitrogens with one attached hydrogen (secondary N) is 1. The average Bonchev–Trinajstić information content (AvgIpc) is 2.86. The molecule has 3 amide bonds. The zero-order valence-electron chi connectivity index (χ0n) is 15.2. The van der Waals surface area contributed by atoms with E-state index in [9.17, 15) is 14.4 Å². The minimum atomic E-state index is -0.417. The second-order valence-electron chi connectivity index (χ2n) is 6.63. The Morgan fingerprint density at radius 3 is 2.35 bits per heavy atom. The van der Waals surface area contributed by atoms with Crippen molar-refractivity contribution in [3.8, 4) is 0 Å². The monoisotopic (exact) mass is 350 g/mol. The fourth-order valence-electron chi connectivity index (χ4n) is 3.10. The molecule has 0 spiro atoms. The molecule has 2 aromatic carbocycles. The van der Waals surface area contributed by atoms with Crippen LogP contribution in [-0.4, -0.2) is 29.2 Å². The van der Waals surface area contributed by atoms with Gasteiger partial charge >= 0.3 is 0 Å². The molecule has 2 aromatic rings. The van der Waals surface area contributed by atoms with E-state index < -0.39 is 11.8 Å². The first kappa shape index (κ1) is 17.9. The SMILES string of the molecule is CCc1ccc(C(C)NC(=O)CN2C(=O)c3ccc(C)cc3C2=O)cc1. The maximum Gasteiger partial charge on any atom is 0.262 e. The van der Waals surface area contributed by atoms with E-state index in [2.05, 4.69) is 12.2 Å². The van der Waals surface area contributed by atoms with Crippen LogP contribution in [0.15, 0.2) is 42.5 Å². The molecule has 134 valence electrons. The van der Waals surface area contributed by atoms with Gasteiger partial charge in [-0.1, -0.05) is 42.8 Å². The number of amides is 3. The third-order valence-corrected chi connectivity index (χ3v) is 4.69. The molecular formula is C21H22N2O3. The van der Waals surface area contributed by atoms with Crippen LogP contribution in [0.4, 0.5) is 0 Å². The van der Waals surface area contributed by atoms with Gasteiger partial charge in [0.1, 0.15) is 6.54 Å². The number of hydrogen-bond acceptors (Lipinski definition) is 3. The Balaban J connectivity index is 1.66. The van der Waals surface area contributed by atoms with Crippen LogP contribution in [0, 0.1) is 6.92 Å². The number of benzene rings is 2. The summed E-state index contributed by atoms with van der Waals surface area (Å²) >= 11 is 0. The molecule has 0 saturated heterocycles. The highest BCUT2D eigenvalue weighted by Crippen LogP contribution is 2.23. The zero-order valence-corrected chi connectivity index (χ0v) is 15.2. The number of aryl methyl sites for hydroxylation is 2. The van der Waals surface area contributed by atoms with Crippen LogP contribution >= 0.6 is 0 Å². The lowest BCUT2D eigenvalue weighted by atomic mass is 10.1. The molecule has 26 heavy (non-hydrogen) atoms. The van der Waals surface area contributed by atoms with E-state index in [1.807, 2.05) is 38.1 Å². The summed E-state index contributed by atoms with van der Waals surface area (Å²) in [4.78, 5) is 38.2. The lowest BCUT2D eigenvalue weighted by molar-refractivity contribution is -0.122. The normalized spacial score (nSPS) is 14.3. The van der Waals surface area contributed by atoms with E-state index in [1.54, 1.807) is 18.2 Å². The van der Waals surface area contributed by atoms with Crippen LogP contribution in [0.5, 0.6) is 0 Å². The average molecular weight is 350 g/mol. The highest BCUT2D eigenvalue weighted by molar-refractivity contribution is 6.22. The van der Waals surface area contributed by atoms with Crippen molar-refractivity contribution in [2.24, 2.45) is 0 Å². The Kier molecular flexibility index (Phi) is 4.89. The topological polar surface area (TPSA) is 66.5 Å². The van der Waals surface area contributed by atoms with Crippen molar-refractivity contribution in [3.63, 3.8) is 0 Å². The first-order valence-electron chi connectivity index (χ1n) is 8.75. The minimum Gasteiger partial charge on any atom is -0.348 e. The summed E-state index contributed by atoms with van der Waals surface area (Å²) in [7, 11) is 0. The van der Waals surface area contributed by atoms with Gasteiger partial charge in [0.15, 0.2) is 0 Å². The lowest BCUT2D eigenvalue weighted by Crippen LogP contribution is -2.41. The van der Waals surface area contributed by atoms with E-state index in [1.165, 1.54) is 5.56 Å². The molecular weight excluding hydrogens is 328 g/mol. The predicted octanol–water partition coefficient (Wildman–Crippen LogP) is 3.03. The fraction of sp³-hybridized carbons (Fsp3) is 0.286. The van der Waals surface area contributed by atoms with E-state index >= 15 is 0 Å². The second-order valence-corrected chi connectivity index (χ2v) is 6.63. The summed E-state index contributed by atoms with van der Waals surface area (Å²) in [5.74, 6) is -1.19. The third kappa shape index (κ3) is 3.38. The van der Waals surface area contributed by atoms with Crippen LogP contribution < -0.4 is 5.32 Å². The number of fused-ring (bicyclic) bond motifs is 1. The highest BCUT2D eigenvalue weighted by atomic mass is 16.2. The maximum absolute atomic E-state index is 12.4. The van der Waals surface area contributed by atoms with Crippen molar-refractivity contribution in [3.05, 3.63) is 70.3 Å². The lowest BCUT2D eigenvalue weighted by Gasteiger charge is -2.18. The van der Waals surface area contributed by atoms with Gasteiger partial charge in [-0.2, -0.15) is 0 Å². The van der Waals surface area contributed by atoms with Gasteiger partial charge in [-0.05, 0) is 43.5 Å². The third-order valence-electron chi connectivity index (χ3n) is 4.69. The Morgan fingerprint density at radius 2 is 1.69 bits per heavy atom. The Hall–Kier alpha value is -2.95. The van der Waals surface area contributed by atoms with Crippen molar-refractivity contribution in [2.45, 2.75) is 33.2 Å². The number of imide groups is 1. The number of rotatable bonds is 5. The molecule has 1 aliphatic rings. The number of carbonyl (C=O) groups excluding carboxylic acids is 3. The zero-order chi connectivity index (χ0) is 18.8. The number of hydrogen-bond donors (Lipinski definition) is 1. The molecule has 1 aliphatic heterocycles. The van der Waals surface area contributed by atoms with Crippen molar-refractivity contribution in [2.75, 3.05) is 6.54 Å². The summed E-state index contributed by atoms with van der Waals surface area (Å²) in [6, 6.07) is 12.9. The molecule has 1 N–H and O–H groups in total. The molecule has 0 aliphatic carbocycles. The summed E-state index contributed by atoms with van der Waals surface area (Å²) in [5, 5.41) is 2.85. The van der Waals surface area contributed by atoms with Gasteiger partial charge in [0, 0.05) is 0 Å². The second kappa shape index (κ2) is 7.12. The van der Waals surface area contributed by atoms with Crippen molar-refractivity contribution < 1.29 is 14.4 Å². The summed E-state index contributed by atoms with van der Waals surface area (Å²) in [6.07, 6.45) is 0.959. The van der Waals surface area contributed by atoms with Crippen LogP contribution in [-0.2, 0) is 11.2 Å². The van der Waals surface area contributed by atoms with Gasteiger partial charge in [0.05, 0.1) is 17.2 Å². The largest absolute Gasteiger partial charge is 0.348 e. The van der Waals surface area contributed by atoms with Gasteiger partial charge in [0.25, 0.3) is 11.8 Å². The standard InChI is InChI=1S/C21H22N2O3/c1-4-15-6-8-16(9-7-15)14(3)22-19(24)12-23-20(25)17-10-5-13(2)11-18(17)21(23)26/h5-11,14H,4,12H2,1-3H3,(H,22,24). The molecule has 0 radical (unpaired) electrons. The van der Waals surface area contributed by atoms with Crippen LogP contribution in [0.1, 0.15) is 57.3 Å². The van der Waals surface area contributed by atoms with Gasteiger partial charge in [-0.3, -0.25) is 19.3 Å². The van der Waals surface area contributed by atoms with Crippen molar-refractivity contribution in [1.82, 2.24) is 10.2 Å². The van der Waals surface area contributed by atoms with Gasteiger partial charge in [0.2, 0.25) is 5.91 Å². The first-order valence-corrected chi connectivity index (χ1v) is 8.75. The molecule has 1 heterocycles. The summed E-state index contributed by atoms with van der Waals surface area (Å²) in [5.41, 5.74) is 3.84. The van der Waals surface area contributed by atoms with E-state index in [4.69, 9.17) is 0 Å². The molecule has 5 heteroatoms. The minimum absolute atomic E-state index is 0.203. The number of carbonyl (C=O) groups is 3. The summed E-state index contributed by atoms with van der Waals surface area (Å²) in [6.45, 7) is 5.55. The smallest absolute Gasteiger partial charge is 0.262 e. The van der Waals surface area contributed by atoms with E-state index in [0.717, 1.165) is 22.4 Å². The fourth-order valence-corrected chi connectivity index (χ4v) is 3.10. The highest BCUT2D eigenvalue weighted by Gasteiger charge is 2.36. The maximum atomic E-state index is 12.4. The van der Waals surface area contributed by atoms with Gasteiger partial charge in [-0.25, -0.2) is 0 Å². The van der Waals surface area contributed by atoms with Gasteiger partial charge < -0.3 is 5.32 Å². The molecule has 0 fully saturated rings.